The number of hydrogen-bond acceptors (Lipinski definition) is 2. The smallest absolute Gasteiger partial charge is 0.145 e. The normalized spacial score (nSPS) is 12.9. The lowest BCUT2D eigenvalue weighted by Crippen LogP contribution is -1.97. The molecule has 0 amide bonds. The second kappa shape index (κ2) is 12.6. The van der Waals surface area contributed by atoms with Gasteiger partial charge in [0, 0.05) is 33.2 Å². The number of rotatable bonds is 6. The minimum absolute atomic E-state index is 0.891. The van der Waals surface area contributed by atoms with Crippen molar-refractivity contribution in [3.05, 3.63) is 188 Å². The average Bonchev–Trinajstić information content (AvgIpc) is 3.81. The van der Waals surface area contributed by atoms with E-state index in [-0.39, 0.29) is 0 Å². The van der Waals surface area contributed by atoms with Crippen molar-refractivity contribution < 1.29 is 4.42 Å². The van der Waals surface area contributed by atoms with Crippen LogP contribution in [0.5, 0.6) is 0 Å². The Hall–Kier alpha value is -6.71. The molecule has 246 valence electrons. The lowest BCUT2D eigenvalue weighted by Gasteiger charge is -2.12. The van der Waals surface area contributed by atoms with E-state index in [1.165, 1.54) is 22.3 Å². The summed E-state index contributed by atoms with van der Waals surface area (Å²) in [5.41, 5.74) is 15.3. The zero-order valence-electron chi connectivity index (χ0n) is 28.5. The molecule has 0 spiro atoms. The van der Waals surface area contributed by atoms with Gasteiger partial charge in [-0.25, -0.2) is 4.98 Å². The van der Waals surface area contributed by atoms with Crippen molar-refractivity contribution in [1.82, 2.24) is 9.55 Å². The third-order valence-electron chi connectivity index (χ3n) is 10.3. The Morgan fingerprint density at radius 2 is 1.10 bits per heavy atom. The van der Waals surface area contributed by atoms with Crippen LogP contribution in [0.3, 0.4) is 0 Å². The highest BCUT2D eigenvalue weighted by atomic mass is 16.3. The summed E-state index contributed by atoms with van der Waals surface area (Å²) < 4.78 is 9.36. The molecule has 10 rings (SSSR count). The summed E-state index contributed by atoms with van der Waals surface area (Å²) in [6.07, 6.45) is 8.67. The minimum Gasteiger partial charge on any atom is -0.455 e. The zero-order chi connectivity index (χ0) is 34.4. The second-order valence-electron chi connectivity index (χ2n) is 13.5. The number of allylic oxidation sites excluding steroid dienone is 4. The van der Waals surface area contributed by atoms with E-state index in [1.807, 2.05) is 0 Å². The molecule has 0 atom stereocenters. The highest BCUT2D eigenvalue weighted by Gasteiger charge is 2.22. The molecule has 3 nitrogen and oxygen atoms in total. The Morgan fingerprint density at radius 1 is 0.500 bits per heavy atom. The summed E-state index contributed by atoms with van der Waals surface area (Å²) in [6, 6.07) is 58.2. The quantitative estimate of drug-likeness (QED) is 0.177. The van der Waals surface area contributed by atoms with Gasteiger partial charge in [-0.05, 0) is 101 Å². The van der Waals surface area contributed by atoms with Crippen LogP contribution in [-0.4, -0.2) is 9.55 Å². The maximum Gasteiger partial charge on any atom is 0.145 e. The van der Waals surface area contributed by atoms with Gasteiger partial charge in [0.2, 0.25) is 0 Å². The number of fused-ring (bicyclic) bond motifs is 4. The summed E-state index contributed by atoms with van der Waals surface area (Å²) in [5.74, 6) is 0.904. The molecule has 0 unspecified atom stereocenters. The number of furan rings is 1. The summed E-state index contributed by atoms with van der Waals surface area (Å²) >= 11 is 0. The molecular formula is C49H34N2O. The molecule has 9 aromatic rings. The summed E-state index contributed by atoms with van der Waals surface area (Å²) in [5, 5.41) is 2.24. The molecule has 1 aliphatic rings. The lowest BCUT2D eigenvalue weighted by molar-refractivity contribution is 0.668. The Labute approximate surface area is 302 Å². The van der Waals surface area contributed by atoms with Crippen LogP contribution < -0.4 is 0 Å². The van der Waals surface area contributed by atoms with Crippen molar-refractivity contribution in [3.8, 4) is 50.5 Å². The number of imidazole rings is 1. The van der Waals surface area contributed by atoms with Gasteiger partial charge in [-0.15, -0.1) is 0 Å². The molecule has 0 radical (unpaired) electrons. The molecular weight excluding hydrogens is 633 g/mol. The molecule has 0 saturated heterocycles. The van der Waals surface area contributed by atoms with E-state index in [2.05, 4.69) is 187 Å². The molecule has 0 fully saturated rings. The summed E-state index contributed by atoms with van der Waals surface area (Å²) in [6.45, 7) is 0. The number of hydrogen-bond donors (Lipinski definition) is 0. The van der Waals surface area contributed by atoms with Crippen molar-refractivity contribution in [3.63, 3.8) is 0 Å². The van der Waals surface area contributed by atoms with E-state index in [0.29, 0.717) is 0 Å². The van der Waals surface area contributed by atoms with Crippen LogP contribution in [0.1, 0.15) is 18.4 Å². The second-order valence-corrected chi connectivity index (χ2v) is 13.5. The van der Waals surface area contributed by atoms with Gasteiger partial charge in [0.15, 0.2) is 0 Å². The van der Waals surface area contributed by atoms with Crippen molar-refractivity contribution in [1.29, 1.82) is 0 Å². The largest absolute Gasteiger partial charge is 0.455 e. The van der Waals surface area contributed by atoms with Crippen molar-refractivity contribution in [2.75, 3.05) is 0 Å². The van der Waals surface area contributed by atoms with Gasteiger partial charge in [0.25, 0.3) is 0 Å². The van der Waals surface area contributed by atoms with Crippen LogP contribution in [0, 0.1) is 0 Å². The number of aromatic nitrogens is 2. The van der Waals surface area contributed by atoms with E-state index >= 15 is 0 Å². The van der Waals surface area contributed by atoms with E-state index in [1.54, 1.807) is 0 Å². The molecule has 0 bridgehead atoms. The lowest BCUT2D eigenvalue weighted by atomic mass is 9.91. The molecule has 0 aliphatic heterocycles. The number of para-hydroxylation sites is 3. The van der Waals surface area contributed by atoms with E-state index in [9.17, 15) is 0 Å². The van der Waals surface area contributed by atoms with Crippen LogP contribution in [0.2, 0.25) is 0 Å². The van der Waals surface area contributed by atoms with Gasteiger partial charge < -0.3 is 4.42 Å². The first-order valence-corrected chi connectivity index (χ1v) is 17.9. The predicted octanol–water partition coefficient (Wildman–Crippen LogP) is 13.3. The third kappa shape index (κ3) is 5.18. The van der Waals surface area contributed by atoms with Gasteiger partial charge in [0.05, 0.1) is 11.0 Å². The monoisotopic (exact) mass is 666 g/mol. The SMILES string of the molecule is C1=CCCC(c2cc(-c3ccccc3)cc3c2oc2c(-c4cccc(-c5nc6ccccc6n5-c5ccccc5)c4)cc(-c4ccccc4)cc23)=C1. The Balaban J connectivity index is 1.24. The van der Waals surface area contributed by atoms with E-state index in [0.717, 1.165) is 85.1 Å². The highest BCUT2D eigenvalue weighted by molar-refractivity contribution is 6.14. The van der Waals surface area contributed by atoms with Gasteiger partial charge in [-0.2, -0.15) is 0 Å². The molecule has 3 heteroatoms. The van der Waals surface area contributed by atoms with Gasteiger partial charge in [-0.3, -0.25) is 4.57 Å². The number of benzene rings is 7. The van der Waals surface area contributed by atoms with Crippen LogP contribution in [0.4, 0.5) is 0 Å². The zero-order valence-corrected chi connectivity index (χ0v) is 28.5. The highest BCUT2D eigenvalue weighted by Crippen LogP contribution is 2.44. The molecule has 7 aromatic carbocycles. The average molecular weight is 667 g/mol. The van der Waals surface area contributed by atoms with Crippen molar-refractivity contribution in [2.24, 2.45) is 0 Å². The molecule has 2 heterocycles. The van der Waals surface area contributed by atoms with Crippen molar-refractivity contribution >= 4 is 38.5 Å². The first-order valence-electron chi connectivity index (χ1n) is 17.9. The van der Waals surface area contributed by atoms with Crippen LogP contribution in [-0.2, 0) is 0 Å². The Morgan fingerprint density at radius 3 is 1.79 bits per heavy atom. The van der Waals surface area contributed by atoms with Crippen LogP contribution in [0.25, 0.3) is 89.0 Å². The molecule has 2 aromatic heterocycles. The maximum atomic E-state index is 7.11. The predicted molar refractivity (Wildman–Crippen MR) is 216 cm³/mol. The van der Waals surface area contributed by atoms with E-state index < -0.39 is 0 Å². The standard InChI is InChI=1S/C49H34N2O/c1-5-16-33(17-6-1)38-29-41(35-20-9-3-10-21-35)47-43(31-38)44-32-39(34-18-7-2-8-19-34)30-42(48(44)52-47)36-22-15-23-37(28-36)49-50-45-26-13-14-27-46(45)51(49)40-24-11-4-12-25-40/h1-9,11-20,22-32H,10,21H2. The first-order chi connectivity index (χ1) is 25.8. The minimum atomic E-state index is 0.891. The topological polar surface area (TPSA) is 31.0 Å². The van der Waals surface area contributed by atoms with Gasteiger partial charge >= 0.3 is 0 Å². The molecule has 52 heavy (non-hydrogen) atoms. The number of nitrogens with zero attached hydrogens (tertiary/aromatic N) is 2. The fourth-order valence-corrected chi connectivity index (χ4v) is 7.74. The summed E-state index contributed by atoms with van der Waals surface area (Å²) in [4.78, 5) is 5.19. The van der Waals surface area contributed by atoms with E-state index in [4.69, 9.17) is 9.40 Å². The first kappa shape index (κ1) is 30.1. The Kier molecular flexibility index (Phi) is 7.28. The van der Waals surface area contributed by atoms with Gasteiger partial charge in [0.1, 0.15) is 17.0 Å². The fraction of sp³-hybridized carbons (Fsp3) is 0.0408. The molecule has 0 N–H and O–H groups in total. The molecule has 0 saturated carbocycles. The van der Waals surface area contributed by atoms with Crippen molar-refractivity contribution in [2.45, 2.75) is 12.8 Å². The fourth-order valence-electron chi connectivity index (χ4n) is 7.74. The Bertz CT molecular complexity index is 2820. The maximum absolute atomic E-state index is 7.11. The van der Waals surface area contributed by atoms with Crippen LogP contribution in [0.15, 0.2) is 186 Å². The molecule has 1 aliphatic carbocycles. The van der Waals surface area contributed by atoms with Gasteiger partial charge in [-0.1, -0.05) is 127 Å². The third-order valence-corrected chi connectivity index (χ3v) is 10.3. The summed E-state index contributed by atoms with van der Waals surface area (Å²) in [7, 11) is 0. The van der Waals surface area contributed by atoms with Crippen LogP contribution >= 0.6 is 0 Å².